The van der Waals surface area contributed by atoms with E-state index in [1.54, 1.807) is 6.20 Å². The van der Waals surface area contributed by atoms with Gasteiger partial charge in [-0.25, -0.2) is 4.98 Å². The van der Waals surface area contributed by atoms with Crippen LogP contribution in [0.5, 0.6) is 0 Å². The van der Waals surface area contributed by atoms with E-state index in [1.165, 1.54) is 6.33 Å². The molecule has 0 saturated heterocycles. The van der Waals surface area contributed by atoms with E-state index in [9.17, 15) is 9.59 Å². The second-order valence-electron chi connectivity index (χ2n) is 4.36. The van der Waals surface area contributed by atoms with Gasteiger partial charge >= 0.3 is 5.97 Å². The summed E-state index contributed by atoms with van der Waals surface area (Å²) in [5, 5.41) is 8.75. The molecular weight excluding hydrogens is 258 g/mol. The summed E-state index contributed by atoms with van der Waals surface area (Å²) in [6.07, 6.45) is 2.97. The Hall–Kier alpha value is -2.89. The SMILES string of the molecule is O=C(O)Cn1cnc2c(-c3ccccc3)c[nH]c2c1=O. The van der Waals surface area contributed by atoms with Gasteiger partial charge in [0.1, 0.15) is 17.6 Å². The summed E-state index contributed by atoms with van der Waals surface area (Å²) in [4.78, 5) is 29.9. The van der Waals surface area contributed by atoms with E-state index in [1.807, 2.05) is 30.3 Å². The molecule has 100 valence electrons. The van der Waals surface area contributed by atoms with Crippen molar-refractivity contribution in [2.75, 3.05) is 0 Å². The quantitative estimate of drug-likeness (QED) is 0.753. The first kappa shape index (κ1) is 12.2. The van der Waals surface area contributed by atoms with Crippen molar-refractivity contribution in [1.29, 1.82) is 0 Å². The highest BCUT2D eigenvalue weighted by Gasteiger charge is 2.12. The lowest BCUT2D eigenvalue weighted by atomic mass is 10.1. The van der Waals surface area contributed by atoms with E-state index in [4.69, 9.17) is 5.11 Å². The molecule has 20 heavy (non-hydrogen) atoms. The number of H-pyrrole nitrogens is 1. The van der Waals surface area contributed by atoms with Gasteiger partial charge in [-0.05, 0) is 5.56 Å². The van der Waals surface area contributed by atoms with Gasteiger partial charge in [0.05, 0.1) is 6.33 Å². The normalized spacial score (nSPS) is 10.8. The number of hydrogen-bond donors (Lipinski definition) is 2. The fraction of sp³-hybridized carbons (Fsp3) is 0.0714. The van der Waals surface area contributed by atoms with E-state index >= 15 is 0 Å². The molecule has 0 spiro atoms. The number of hydrogen-bond acceptors (Lipinski definition) is 3. The Bertz CT molecular complexity index is 834. The lowest BCUT2D eigenvalue weighted by Gasteiger charge is -2.02. The molecular formula is C14H11N3O3. The van der Waals surface area contributed by atoms with Crippen molar-refractivity contribution in [3.63, 3.8) is 0 Å². The van der Waals surface area contributed by atoms with Crippen molar-refractivity contribution in [3.05, 3.63) is 53.2 Å². The molecule has 0 radical (unpaired) electrons. The summed E-state index contributed by atoms with van der Waals surface area (Å²) in [7, 11) is 0. The maximum Gasteiger partial charge on any atom is 0.323 e. The van der Waals surface area contributed by atoms with E-state index in [-0.39, 0.29) is 5.56 Å². The molecule has 0 atom stereocenters. The van der Waals surface area contributed by atoms with Crippen LogP contribution in [0.25, 0.3) is 22.2 Å². The Morgan fingerprint density at radius 3 is 2.75 bits per heavy atom. The number of aromatic amines is 1. The van der Waals surface area contributed by atoms with Crippen LogP contribution in [0, 0.1) is 0 Å². The van der Waals surface area contributed by atoms with Crippen molar-refractivity contribution >= 4 is 17.0 Å². The molecule has 0 fully saturated rings. The molecule has 2 heterocycles. The van der Waals surface area contributed by atoms with Crippen molar-refractivity contribution in [3.8, 4) is 11.1 Å². The molecule has 1 aromatic carbocycles. The van der Waals surface area contributed by atoms with Crippen LogP contribution in [0.2, 0.25) is 0 Å². The Balaban J connectivity index is 2.18. The zero-order chi connectivity index (χ0) is 14.1. The summed E-state index contributed by atoms with van der Waals surface area (Å²) in [5.41, 5.74) is 2.23. The first-order valence-electron chi connectivity index (χ1n) is 6.00. The number of carboxylic acid groups (broad SMARTS) is 1. The number of aliphatic carboxylic acids is 1. The fourth-order valence-corrected chi connectivity index (χ4v) is 2.13. The van der Waals surface area contributed by atoms with Gasteiger partial charge in [-0.1, -0.05) is 30.3 Å². The first-order chi connectivity index (χ1) is 9.66. The first-order valence-corrected chi connectivity index (χ1v) is 6.00. The third kappa shape index (κ3) is 1.97. The van der Waals surface area contributed by atoms with Crippen LogP contribution >= 0.6 is 0 Å². The van der Waals surface area contributed by atoms with E-state index in [0.717, 1.165) is 15.7 Å². The smallest absolute Gasteiger partial charge is 0.323 e. The molecule has 6 heteroatoms. The van der Waals surface area contributed by atoms with Crippen LogP contribution in [-0.4, -0.2) is 25.6 Å². The predicted octanol–water partition coefficient (Wildman–Crippen LogP) is 1.48. The molecule has 0 amide bonds. The zero-order valence-electron chi connectivity index (χ0n) is 10.4. The van der Waals surface area contributed by atoms with E-state index in [2.05, 4.69) is 9.97 Å². The maximum absolute atomic E-state index is 12.1. The standard InChI is InChI=1S/C14H11N3O3/c18-11(19)7-17-8-16-12-10(6-15-13(12)14(17)20)9-4-2-1-3-5-9/h1-6,8,15H,7H2,(H,18,19). The number of nitrogens with one attached hydrogen (secondary N) is 1. The van der Waals surface area contributed by atoms with Crippen LogP contribution in [0.1, 0.15) is 0 Å². The molecule has 0 aliphatic heterocycles. The Labute approximate surface area is 113 Å². The molecule has 6 nitrogen and oxygen atoms in total. The molecule has 0 unspecified atom stereocenters. The van der Waals surface area contributed by atoms with Crippen LogP contribution in [0.15, 0.2) is 47.7 Å². The van der Waals surface area contributed by atoms with Gasteiger partial charge in [0.15, 0.2) is 0 Å². The number of rotatable bonds is 3. The van der Waals surface area contributed by atoms with Crippen molar-refractivity contribution in [2.45, 2.75) is 6.54 Å². The van der Waals surface area contributed by atoms with Gasteiger partial charge in [-0.3, -0.25) is 14.2 Å². The van der Waals surface area contributed by atoms with Crippen LogP contribution in [0.3, 0.4) is 0 Å². The van der Waals surface area contributed by atoms with Gasteiger partial charge in [0.2, 0.25) is 0 Å². The largest absolute Gasteiger partial charge is 0.480 e. The lowest BCUT2D eigenvalue weighted by molar-refractivity contribution is -0.137. The van der Waals surface area contributed by atoms with Gasteiger partial charge in [0.25, 0.3) is 5.56 Å². The average molecular weight is 269 g/mol. The highest BCUT2D eigenvalue weighted by atomic mass is 16.4. The summed E-state index contributed by atoms with van der Waals surface area (Å²) in [5.74, 6) is -1.08. The molecule has 0 aliphatic carbocycles. The van der Waals surface area contributed by atoms with Crippen molar-refractivity contribution in [2.24, 2.45) is 0 Å². The van der Waals surface area contributed by atoms with Crippen LogP contribution in [0.4, 0.5) is 0 Å². The Morgan fingerprint density at radius 2 is 2.05 bits per heavy atom. The number of benzene rings is 1. The van der Waals surface area contributed by atoms with E-state index in [0.29, 0.717) is 11.0 Å². The minimum absolute atomic E-state index is 0.313. The number of fused-ring (bicyclic) bond motifs is 1. The zero-order valence-corrected chi connectivity index (χ0v) is 10.4. The summed E-state index contributed by atoms with van der Waals surface area (Å²) in [6.45, 7) is -0.401. The Morgan fingerprint density at radius 1 is 1.30 bits per heavy atom. The minimum atomic E-state index is -1.08. The van der Waals surface area contributed by atoms with Crippen molar-refractivity contribution < 1.29 is 9.90 Å². The Kier molecular flexibility index (Phi) is 2.83. The number of carbonyl (C=O) groups is 1. The van der Waals surface area contributed by atoms with Crippen LogP contribution < -0.4 is 5.56 Å². The predicted molar refractivity (Wildman–Crippen MR) is 73.4 cm³/mol. The number of carboxylic acids is 1. The maximum atomic E-state index is 12.1. The molecule has 0 bridgehead atoms. The van der Waals surface area contributed by atoms with Crippen molar-refractivity contribution in [1.82, 2.24) is 14.5 Å². The number of aromatic nitrogens is 3. The molecule has 2 aromatic heterocycles. The third-order valence-corrected chi connectivity index (χ3v) is 3.04. The summed E-state index contributed by atoms with van der Waals surface area (Å²) in [6, 6.07) is 9.56. The molecule has 0 saturated carbocycles. The molecule has 3 rings (SSSR count). The van der Waals surface area contributed by atoms with E-state index < -0.39 is 12.5 Å². The van der Waals surface area contributed by atoms with Gasteiger partial charge in [-0.15, -0.1) is 0 Å². The molecule has 0 aliphatic rings. The molecule has 3 aromatic rings. The molecule has 2 N–H and O–H groups in total. The topological polar surface area (TPSA) is 88.0 Å². The van der Waals surface area contributed by atoms with Gasteiger partial charge < -0.3 is 10.1 Å². The van der Waals surface area contributed by atoms with Crippen LogP contribution in [-0.2, 0) is 11.3 Å². The second kappa shape index (κ2) is 4.65. The second-order valence-corrected chi connectivity index (χ2v) is 4.36. The monoisotopic (exact) mass is 269 g/mol. The summed E-state index contributed by atoms with van der Waals surface area (Å²) >= 11 is 0. The number of nitrogens with zero attached hydrogens (tertiary/aromatic N) is 2. The third-order valence-electron chi connectivity index (χ3n) is 3.04. The van der Waals surface area contributed by atoms with Gasteiger partial charge in [-0.2, -0.15) is 0 Å². The van der Waals surface area contributed by atoms with Gasteiger partial charge in [0, 0.05) is 11.8 Å². The fourth-order valence-electron chi connectivity index (χ4n) is 2.13. The minimum Gasteiger partial charge on any atom is -0.480 e. The summed E-state index contributed by atoms with van der Waals surface area (Å²) < 4.78 is 1.07. The highest BCUT2D eigenvalue weighted by molar-refractivity contribution is 5.91. The highest BCUT2D eigenvalue weighted by Crippen LogP contribution is 2.24. The average Bonchev–Trinajstić information content (AvgIpc) is 2.87. The lowest BCUT2D eigenvalue weighted by Crippen LogP contribution is -2.24.